The van der Waals surface area contributed by atoms with Crippen LogP contribution in [0.15, 0.2) is 91.0 Å². The van der Waals surface area contributed by atoms with Gasteiger partial charge in [0.2, 0.25) is 0 Å². The highest BCUT2D eigenvalue weighted by Gasteiger charge is 2.09. The Bertz CT molecular complexity index is 1040. The Balaban J connectivity index is 1.91. The molecule has 3 aromatic carbocycles. The molecule has 2 heteroatoms. The standard InChI is InChI=1S/C24H18ClN/c1-17-6-5-9-20(14-17)21-15-23(18-7-3-2-4-8-18)26-24(16-21)19-10-12-22(25)13-11-19/h2-16H,1H3. The van der Waals surface area contributed by atoms with Crippen molar-refractivity contribution < 1.29 is 0 Å². The van der Waals surface area contributed by atoms with Crippen LogP contribution in [-0.2, 0) is 0 Å². The molecular weight excluding hydrogens is 338 g/mol. The third kappa shape index (κ3) is 3.54. The fourth-order valence-electron chi connectivity index (χ4n) is 3.05. The summed E-state index contributed by atoms with van der Waals surface area (Å²) in [6.07, 6.45) is 0. The predicted molar refractivity (Wildman–Crippen MR) is 110 cm³/mol. The fraction of sp³-hybridized carbons (Fsp3) is 0.0417. The van der Waals surface area contributed by atoms with E-state index in [0.29, 0.717) is 0 Å². The molecule has 0 saturated heterocycles. The normalized spacial score (nSPS) is 10.7. The van der Waals surface area contributed by atoms with E-state index in [2.05, 4.69) is 55.5 Å². The minimum atomic E-state index is 0.729. The molecule has 0 spiro atoms. The highest BCUT2D eigenvalue weighted by Crippen LogP contribution is 2.30. The summed E-state index contributed by atoms with van der Waals surface area (Å²) in [5.74, 6) is 0. The summed E-state index contributed by atoms with van der Waals surface area (Å²) >= 11 is 6.05. The molecule has 0 atom stereocenters. The van der Waals surface area contributed by atoms with Gasteiger partial charge < -0.3 is 0 Å². The van der Waals surface area contributed by atoms with Gasteiger partial charge in [0.25, 0.3) is 0 Å². The fourth-order valence-corrected chi connectivity index (χ4v) is 3.17. The molecule has 0 unspecified atom stereocenters. The van der Waals surface area contributed by atoms with Crippen LogP contribution in [0.5, 0.6) is 0 Å². The molecule has 26 heavy (non-hydrogen) atoms. The first kappa shape index (κ1) is 16.6. The maximum absolute atomic E-state index is 6.05. The van der Waals surface area contributed by atoms with Crippen LogP contribution in [0, 0.1) is 6.92 Å². The number of rotatable bonds is 3. The summed E-state index contributed by atoms with van der Waals surface area (Å²) in [5, 5.41) is 0.729. The van der Waals surface area contributed by atoms with Gasteiger partial charge >= 0.3 is 0 Å². The number of halogens is 1. The SMILES string of the molecule is Cc1cccc(-c2cc(-c3ccccc3)nc(-c3ccc(Cl)cc3)c2)c1. The number of hydrogen-bond acceptors (Lipinski definition) is 1. The topological polar surface area (TPSA) is 12.9 Å². The van der Waals surface area contributed by atoms with E-state index >= 15 is 0 Å². The van der Waals surface area contributed by atoms with Crippen LogP contribution < -0.4 is 0 Å². The molecule has 126 valence electrons. The molecule has 1 heterocycles. The lowest BCUT2D eigenvalue weighted by atomic mass is 9.99. The van der Waals surface area contributed by atoms with Gasteiger partial charge in [0.15, 0.2) is 0 Å². The van der Waals surface area contributed by atoms with Crippen LogP contribution in [0.25, 0.3) is 33.6 Å². The number of aromatic nitrogens is 1. The van der Waals surface area contributed by atoms with E-state index in [9.17, 15) is 0 Å². The van der Waals surface area contributed by atoms with Crippen molar-refractivity contribution in [2.75, 3.05) is 0 Å². The van der Waals surface area contributed by atoms with Crippen LogP contribution in [-0.4, -0.2) is 4.98 Å². The molecule has 0 aliphatic heterocycles. The maximum Gasteiger partial charge on any atom is 0.0715 e. The second kappa shape index (κ2) is 7.15. The monoisotopic (exact) mass is 355 g/mol. The van der Waals surface area contributed by atoms with Crippen molar-refractivity contribution in [2.24, 2.45) is 0 Å². The number of pyridine rings is 1. The Hall–Kier alpha value is -2.90. The number of aryl methyl sites for hydroxylation is 1. The quantitative estimate of drug-likeness (QED) is 0.384. The average Bonchev–Trinajstić information content (AvgIpc) is 2.69. The molecule has 1 nitrogen and oxygen atoms in total. The number of hydrogen-bond donors (Lipinski definition) is 0. The van der Waals surface area contributed by atoms with Gasteiger partial charge in [0.1, 0.15) is 0 Å². The highest BCUT2D eigenvalue weighted by atomic mass is 35.5. The first-order valence-corrected chi connectivity index (χ1v) is 8.97. The summed E-state index contributed by atoms with van der Waals surface area (Å²) in [7, 11) is 0. The van der Waals surface area contributed by atoms with Crippen LogP contribution >= 0.6 is 11.6 Å². The van der Waals surface area contributed by atoms with Crippen molar-refractivity contribution in [2.45, 2.75) is 6.92 Å². The van der Waals surface area contributed by atoms with E-state index in [4.69, 9.17) is 16.6 Å². The zero-order valence-electron chi connectivity index (χ0n) is 14.5. The number of nitrogens with zero attached hydrogens (tertiary/aromatic N) is 1. The molecule has 0 fully saturated rings. The van der Waals surface area contributed by atoms with E-state index in [0.717, 1.165) is 33.1 Å². The minimum absolute atomic E-state index is 0.729. The second-order valence-electron chi connectivity index (χ2n) is 6.37. The highest BCUT2D eigenvalue weighted by molar-refractivity contribution is 6.30. The molecule has 0 amide bonds. The minimum Gasteiger partial charge on any atom is -0.248 e. The molecular formula is C24H18ClN. The smallest absolute Gasteiger partial charge is 0.0715 e. The van der Waals surface area contributed by atoms with E-state index in [1.54, 1.807) is 0 Å². The van der Waals surface area contributed by atoms with E-state index in [1.165, 1.54) is 11.1 Å². The Morgan fingerprint density at radius 2 is 1.19 bits per heavy atom. The average molecular weight is 356 g/mol. The summed E-state index contributed by atoms with van der Waals surface area (Å²) in [4.78, 5) is 4.91. The summed E-state index contributed by atoms with van der Waals surface area (Å²) in [6, 6.07) is 31.0. The predicted octanol–water partition coefficient (Wildman–Crippen LogP) is 7.04. The zero-order chi connectivity index (χ0) is 17.9. The zero-order valence-corrected chi connectivity index (χ0v) is 15.2. The molecule has 0 N–H and O–H groups in total. The van der Waals surface area contributed by atoms with Crippen molar-refractivity contribution >= 4 is 11.6 Å². The first-order valence-electron chi connectivity index (χ1n) is 8.59. The molecule has 0 bridgehead atoms. The van der Waals surface area contributed by atoms with Crippen LogP contribution in [0.1, 0.15) is 5.56 Å². The Morgan fingerprint density at radius 1 is 0.577 bits per heavy atom. The first-order chi connectivity index (χ1) is 12.7. The maximum atomic E-state index is 6.05. The van der Waals surface area contributed by atoms with E-state index in [-0.39, 0.29) is 0 Å². The van der Waals surface area contributed by atoms with Crippen molar-refractivity contribution in [1.29, 1.82) is 0 Å². The van der Waals surface area contributed by atoms with Crippen LogP contribution in [0.2, 0.25) is 5.02 Å². The van der Waals surface area contributed by atoms with Crippen molar-refractivity contribution in [3.63, 3.8) is 0 Å². The third-order valence-corrected chi connectivity index (χ3v) is 4.64. The molecule has 4 rings (SSSR count). The van der Waals surface area contributed by atoms with Crippen molar-refractivity contribution in [1.82, 2.24) is 4.98 Å². The van der Waals surface area contributed by atoms with Crippen molar-refractivity contribution in [3.05, 3.63) is 102 Å². The van der Waals surface area contributed by atoms with Gasteiger partial charge in [-0.25, -0.2) is 4.98 Å². The van der Waals surface area contributed by atoms with E-state index < -0.39 is 0 Å². The summed E-state index contributed by atoms with van der Waals surface area (Å²) in [5.41, 5.74) is 7.67. The van der Waals surface area contributed by atoms with Gasteiger partial charge in [-0.1, -0.05) is 83.9 Å². The molecule has 0 aliphatic rings. The second-order valence-corrected chi connectivity index (χ2v) is 6.81. The van der Waals surface area contributed by atoms with Gasteiger partial charge in [-0.05, 0) is 42.3 Å². The summed E-state index contributed by atoms with van der Waals surface area (Å²) < 4.78 is 0. The lowest BCUT2D eigenvalue weighted by molar-refractivity contribution is 1.32. The Morgan fingerprint density at radius 3 is 1.85 bits per heavy atom. The van der Waals surface area contributed by atoms with Crippen LogP contribution in [0.3, 0.4) is 0 Å². The Labute approximate surface area is 158 Å². The van der Waals surface area contributed by atoms with Gasteiger partial charge in [0, 0.05) is 16.1 Å². The molecule has 0 radical (unpaired) electrons. The van der Waals surface area contributed by atoms with Crippen LogP contribution in [0.4, 0.5) is 0 Å². The molecule has 0 saturated carbocycles. The van der Waals surface area contributed by atoms with Gasteiger partial charge in [-0.3, -0.25) is 0 Å². The summed E-state index contributed by atoms with van der Waals surface area (Å²) in [6.45, 7) is 2.11. The Kier molecular flexibility index (Phi) is 4.55. The lowest BCUT2D eigenvalue weighted by Crippen LogP contribution is -1.91. The number of benzene rings is 3. The third-order valence-electron chi connectivity index (χ3n) is 4.39. The molecule has 1 aromatic heterocycles. The molecule has 4 aromatic rings. The molecule has 0 aliphatic carbocycles. The van der Waals surface area contributed by atoms with Gasteiger partial charge in [-0.2, -0.15) is 0 Å². The van der Waals surface area contributed by atoms with Crippen molar-refractivity contribution in [3.8, 4) is 33.6 Å². The van der Waals surface area contributed by atoms with Gasteiger partial charge in [-0.15, -0.1) is 0 Å². The van der Waals surface area contributed by atoms with E-state index in [1.807, 2.05) is 42.5 Å². The largest absolute Gasteiger partial charge is 0.248 e. The van der Waals surface area contributed by atoms with Gasteiger partial charge in [0.05, 0.1) is 11.4 Å². The lowest BCUT2D eigenvalue weighted by Gasteiger charge is -2.11.